The fraction of sp³-hybridized carbons (Fsp3) is 0.0909. The highest BCUT2D eigenvalue weighted by atomic mass is 15.6. The summed E-state index contributed by atoms with van der Waals surface area (Å²) in [6.45, 7) is 4.24. The highest BCUT2D eigenvalue weighted by Crippen LogP contribution is 2.07. The van der Waals surface area contributed by atoms with Crippen LogP contribution in [0.4, 0.5) is 11.9 Å². The third-order valence-electron chi connectivity index (χ3n) is 2.56. The molecule has 0 saturated carbocycles. The van der Waals surface area contributed by atoms with Gasteiger partial charge in [0.2, 0.25) is 0 Å². The Bertz CT molecular complexity index is 683. The Labute approximate surface area is 113 Å². The lowest BCUT2D eigenvalue weighted by Crippen LogP contribution is -2.04. The first-order valence-electron chi connectivity index (χ1n) is 5.83. The highest BCUT2D eigenvalue weighted by Gasteiger charge is 2.06. The zero-order chi connectivity index (χ0) is 13.8. The summed E-state index contributed by atoms with van der Waals surface area (Å²) in [7, 11) is 0. The Balaban J connectivity index is 1.68. The quantitative estimate of drug-likeness (QED) is 0.698. The SMILES string of the molecule is C=Cc1ccc(Cn2nnc(Nc3nn[nH]n3)n2)cc1. The molecule has 0 spiro atoms. The molecule has 0 bridgehead atoms. The number of H-pyrrole nitrogens is 1. The average Bonchev–Trinajstić information content (AvgIpc) is 3.12. The first-order chi connectivity index (χ1) is 9.83. The second-order valence-electron chi connectivity index (χ2n) is 3.95. The highest BCUT2D eigenvalue weighted by molar-refractivity contribution is 5.47. The monoisotopic (exact) mass is 269 g/mol. The summed E-state index contributed by atoms with van der Waals surface area (Å²) in [4.78, 5) is 1.48. The van der Waals surface area contributed by atoms with Crippen molar-refractivity contribution in [3.8, 4) is 0 Å². The zero-order valence-corrected chi connectivity index (χ0v) is 10.4. The van der Waals surface area contributed by atoms with E-state index in [1.165, 1.54) is 4.80 Å². The minimum absolute atomic E-state index is 0.292. The number of hydrogen-bond acceptors (Lipinski definition) is 7. The Morgan fingerprint density at radius 3 is 2.75 bits per heavy atom. The predicted octanol–water partition coefficient (Wildman–Crippen LogP) is 0.621. The van der Waals surface area contributed by atoms with Gasteiger partial charge in [0, 0.05) is 0 Å². The van der Waals surface area contributed by atoms with Crippen LogP contribution in [0, 0.1) is 0 Å². The van der Waals surface area contributed by atoms with E-state index in [9.17, 15) is 0 Å². The molecule has 1 aromatic carbocycles. The molecule has 2 N–H and O–H groups in total. The number of tetrazole rings is 2. The van der Waals surface area contributed by atoms with Crippen molar-refractivity contribution in [2.45, 2.75) is 6.54 Å². The van der Waals surface area contributed by atoms with Gasteiger partial charge in [0.15, 0.2) is 0 Å². The molecule has 9 nitrogen and oxygen atoms in total. The van der Waals surface area contributed by atoms with Crippen molar-refractivity contribution in [1.29, 1.82) is 0 Å². The topological polar surface area (TPSA) is 110 Å². The summed E-state index contributed by atoms with van der Waals surface area (Å²) >= 11 is 0. The molecule has 0 aliphatic rings. The fourth-order valence-electron chi connectivity index (χ4n) is 1.60. The lowest BCUT2D eigenvalue weighted by Gasteiger charge is -2.00. The summed E-state index contributed by atoms with van der Waals surface area (Å²) in [5.74, 6) is 0.606. The molecule has 0 fully saturated rings. The van der Waals surface area contributed by atoms with Gasteiger partial charge < -0.3 is 0 Å². The van der Waals surface area contributed by atoms with E-state index in [1.807, 2.05) is 24.3 Å². The van der Waals surface area contributed by atoms with Gasteiger partial charge >= 0.3 is 0 Å². The number of nitrogens with zero attached hydrogens (tertiary/aromatic N) is 7. The van der Waals surface area contributed by atoms with Crippen molar-refractivity contribution in [2.24, 2.45) is 0 Å². The molecule has 2 aromatic heterocycles. The maximum atomic E-state index is 4.16. The van der Waals surface area contributed by atoms with Crippen LogP contribution in [0.15, 0.2) is 30.8 Å². The molecule has 20 heavy (non-hydrogen) atoms. The molecule has 0 unspecified atom stereocenters. The third-order valence-corrected chi connectivity index (χ3v) is 2.56. The van der Waals surface area contributed by atoms with E-state index < -0.39 is 0 Å². The molecule has 100 valence electrons. The van der Waals surface area contributed by atoms with E-state index in [0.717, 1.165) is 11.1 Å². The fourth-order valence-corrected chi connectivity index (χ4v) is 1.60. The Hall–Kier alpha value is -3.10. The molecule has 0 saturated heterocycles. The minimum atomic E-state index is 0.292. The van der Waals surface area contributed by atoms with Crippen LogP contribution < -0.4 is 5.32 Å². The maximum Gasteiger partial charge on any atom is 0.270 e. The first-order valence-corrected chi connectivity index (χ1v) is 5.83. The lowest BCUT2D eigenvalue weighted by molar-refractivity contribution is 0.573. The zero-order valence-electron chi connectivity index (χ0n) is 10.4. The number of aromatic nitrogens is 8. The molecule has 0 radical (unpaired) electrons. The van der Waals surface area contributed by atoms with Gasteiger partial charge in [-0.3, -0.25) is 5.32 Å². The van der Waals surface area contributed by atoms with E-state index in [2.05, 4.69) is 47.9 Å². The maximum absolute atomic E-state index is 4.16. The molecule has 9 heteroatoms. The van der Waals surface area contributed by atoms with Crippen LogP contribution in [-0.2, 0) is 6.54 Å². The van der Waals surface area contributed by atoms with Crippen molar-refractivity contribution < 1.29 is 0 Å². The second-order valence-corrected chi connectivity index (χ2v) is 3.95. The minimum Gasteiger partial charge on any atom is -0.287 e. The van der Waals surface area contributed by atoms with Gasteiger partial charge in [-0.15, -0.1) is 10.2 Å². The molecule has 3 rings (SSSR count). The number of aromatic amines is 1. The number of nitrogens with one attached hydrogen (secondary N) is 2. The molecular formula is C11H11N9. The third kappa shape index (κ3) is 2.66. The summed E-state index contributed by atoms with van der Waals surface area (Å²) in [5, 5.41) is 28.0. The average molecular weight is 269 g/mol. The first kappa shape index (κ1) is 12.0. The van der Waals surface area contributed by atoms with E-state index in [4.69, 9.17) is 0 Å². The largest absolute Gasteiger partial charge is 0.287 e. The smallest absolute Gasteiger partial charge is 0.270 e. The Kier molecular flexibility index (Phi) is 3.15. The summed E-state index contributed by atoms with van der Waals surface area (Å²) in [6.07, 6.45) is 1.80. The number of anilines is 2. The van der Waals surface area contributed by atoms with Gasteiger partial charge in [0.25, 0.3) is 11.9 Å². The van der Waals surface area contributed by atoms with Gasteiger partial charge in [-0.1, -0.05) is 47.1 Å². The van der Waals surface area contributed by atoms with Gasteiger partial charge in [-0.25, -0.2) is 0 Å². The van der Waals surface area contributed by atoms with Gasteiger partial charge in [0.1, 0.15) is 0 Å². The lowest BCUT2D eigenvalue weighted by atomic mass is 10.1. The van der Waals surface area contributed by atoms with Gasteiger partial charge in [0.05, 0.1) is 6.54 Å². The van der Waals surface area contributed by atoms with Crippen LogP contribution in [0.2, 0.25) is 0 Å². The molecule has 0 atom stereocenters. The van der Waals surface area contributed by atoms with Crippen molar-refractivity contribution >= 4 is 18.0 Å². The van der Waals surface area contributed by atoms with Crippen LogP contribution in [0.3, 0.4) is 0 Å². The van der Waals surface area contributed by atoms with Gasteiger partial charge in [-0.2, -0.15) is 10.0 Å². The summed E-state index contributed by atoms with van der Waals surface area (Å²) < 4.78 is 0. The predicted molar refractivity (Wildman–Crippen MR) is 70.9 cm³/mol. The second kappa shape index (κ2) is 5.26. The molecule has 2 heterocycles. The standard InChI is InChI=1S/C11H11N9/c1-2-8-3-5-9(6-4-8)7-20-16-11(15-19-20)12-10-13-17-18-14-10/h2-6H,1,7H2,(H2,12,13,14,16,17,18). The van der Waals surface area contributed by atoms with Crippen LogP contribution >= 0.6 is 0 Å². The van der Waals surface area contributed by atoms with Gasteiger partial charge in [-0.05, 0) is 21.6 Å². The van der Waals surface area contributed by atoms with E-state index in [0.29, 0.717) is 18.4 Å². The van der Waals surface area contributed by atoms with Crippen molar-refractivity contribution in [3.05, 3.63) is 42.0 Å². The van der Waals surface area contributed by atoms with Crippen molar-refractivity contribution in [3.63, 3.8) is 0 Å². The van der Waals surface area contributed by atoms with Crippen LogP contribution in [-0.4, -0.2) is 40.8 Å². The van der Waals surface area contributed by atoms with E-state index >= 15 is 0 Å². The van der Waals surface area contributed by atoms with Crippen molar-refractivity contribution in [1.82, 2.24) is 40.8 Å². The van der Waals surface area contributed by atoms with Crippen LogP contribution in [0.5, 0.6) is 0 Å². The molecule has 0 aliphatic carbocycles. The van der Waals surface area contributed by atoms with Crippen molar-refractivity contribution in [2.75, 3.05) is 5.32 Å². The number of hydrogen-bond donors (Lipinski definition) is 2. The summed E-state index contributed by atoms with van der Waals surface area (Å²) in [6, 6.07) is 7.95. The Morgan fingerprint density at radius 1 is 1.20 bits per heavy atom. The number of rotatable bonds is 5. The Morgan fingerprint density at radius 2 is 2.05 bits per heavy atom. The van der Waals surface area contributed by atoms with E-state index in [1.54, 1.807) is 6.08 Å². The van der Waals surface area contributed by atoms with Crippen LogP contribution in [0.25, 0.3) is 6.08 Å². The normalized spacial score (nSPS) is 10.4. The molecule has 0 aliphatic heterocycles. The molecule has 3 aromatic rings. The molecule has 0 amide bonds. The summed E-state index contributed by atoms with van der Waals surface area (Å²) in [5.41, 5.74) is 2.14. The number of benzene rings is 1. The van der Waals surface area contributed by atoms with Crippen LogP contribution in [0.1, 0.15) is 11.1 Å². The molecular weight excluding hydrogens is 258 g/mol. The van der Waals surface area contributed by atoms with E-state index in [-0.39, 0.29) is 0 Å².